The van der Waals surface area contributed by atoms with Crippen LogP contribution in [0.25, 0.3) is 0 Å². The van der Waals surface area contributed by atoms with Crippen molar-refractivity contribution in [3.8, 4) is 0 Å². The fourth-order valence-corrected chi connectivity index (χ4v) is 6.23. The fourth-order valence-electron chi connectivity index (χ4n) is 6.23. The second kappa shape index (κ2) is 7.75. The van der Waals surface area contributed by atoms with E-state index in [0.717, 1.165) is 24.2 Å². The lowest BCUT2D eigenvalue weighted by atomic mass is 9.46. The minimum absolute atomic E-state index is 0.305. The molecule has 0 saturated heterocycles. The molecule has 0 radical (unpaired) electrons. The molecular formula is C23H40O. The van der Waals surface area contributed by atoms with Crippen molar-refractivity contribution in [1.82, 2.24) is 0 Å². The highest BCUT2D eigenvalue weighted by atomic mass is 16.1. The number of allylic oxidation sites excluding steroid dienone is 2. The van der Waals surface area contributed by atoms with Gasteiger partial charge in [0.2, 0.25) is 0 Å². The third-order valence-electron chi connectivity index (χ3n) is 7.56. The third-order valence-corrected chi connectivity index (χ3v) is 7.56. The molecule has 0 aromatic carbocycles. The molecule has 0 amide bonds. The van der Waals surface area contributed by atoms with Crippen molar-refractivity contribution < 1.29 is 4.79 Å². The largest absolute Gasteiger partial charge is 0.300 e. The first-order valence-corrected chi connectivity index (χ1v) is 10.3. The van der Waals surface area contributed by atoms with Crippen LogP contribution in [0, 0.1) is 28.6 Å². The summed E-state index contributed by atoms with van der Waals surface area (Å²) < 4.78 is 0. The van der Waals surface area contributed by atoms with Crippen molar-refractivity contribution in [3.63, 3.8) is 0 Å². The Bertz CT molecular complexity index is 472. The van der Waals surface area contributed by atoms with Crippen LogP contribution in [-0.2, 0) is 4.79 Å². The van der Waals surface area contributed by atoms with Gasteiger partial charge in [-0.2, -0.15) is 0 Å². The van der Waals surface area contributed by atoms with Crippen LogP contribution in [0.3, 0.4) is 0 Å². The van der Waals surface area contributed by atoms with Crippen LogP contribution in [0.5, 0.6) is 0 Å². The number of fused-ring (bicyclic) bond motifs is 1. The van der Waals surface area contributed by atoms with Gasteiger partial charge in [-0.1, -0.05) is 52.2 Å². The molecule has 138 valence electrons. The molecule has 2 fully saturated rings. The molecule has 0 aliphatic heterocycles. The van der Waals surface area contributed by atoms with Gasteiger partial charge in [-0.25, -0.2) is 0 Å². The molecule has 4 atom stereocenters. The van der Waals surface area contributed by atoms with E-state index in [1.165, 1.54) is 50.5 Å². The van der Waals surface area contributed by atoms with Gasteiger partial charge in [0.1, 0.15) is 5.78 Å². The van der Waals surface area contributed by atoms with Gasteiger partial charge in [0.25, 0.3) is 0 Å². The highest BCUT2D eigenvalue weighted by molar-refractivity contribution is 5.75. The lowest BCUT2D eigenvalue weighted by Crippen LogP contribution is -2.51. The molecule has 1 heteroatoms. The number of ketones is 1. The number of Topliss-reactive ketones (excluding diaryl/α,β-unsaturated/α-hetero) is 1. The first-order chi connectivity index (χ1) is 11.2. The normalized spacial score (nSPS) is 36.2. The van der Waals surface area contributed by atoms with Crippen molar-refractivity contribution in [2.24, 2.45) is 28.6 Å². The highest BCUT2D eigenvalue weighted by Gasteiger charge is 2.53. The molecule has 0 heterocycles. The maximum absolute atomic E-state index is 11.1. The minimum atomic E-state index is 0.305. The van der Waals surface area contributed by atoms with E-state index in [1.54, 1.807) is 6.92 Å². The van der Waals surface area contributed by atoms with Crippen LogP contribution < -0.4 is 0 Å². The topological polar surface area (TPSA) is 17.1 Å². The Morgan fingerprint density at radius 2 is 1.79 bits per heavy atom. The van der Waals surface area contributed by atoms with E-state index in [2.05, 4.69) is 40.7 Å². The summed E-state index contributed by atoms with van der Waals surface area (Å²) >= 11 is 0. The SMILES string of the molecule is CC(=O)CC/C=C(/C)CC[C@@H]1[C@@H](C)CC[C@@H]2C(C)(C)CCC[C@@]12C. The van der Waals surface area contributed by atoms with Crippen LogP contribution in [0.2, 0.25) is 0 Å². The molecule has 24 heavy (non-hydrogen) atoms. The number of hydrogen-bond acceptors (Lipinski definition) is 1. The smallest absolute Gasteiger partial charge is 0.130 e. The van der Waals surface area contributed by atoms with Crippen molar-refractivity contribution in [2.75, 3.05) is 0 Å². The van der Waals surface area contributed by atoms with Gasteiger partial charge in [0.15, 0.2) is 0 Å². The lowest BCUT2D eigenvalue weighted by molar-refractivity contribution is -0.116. The second-order valence-electron chi connectivity index (χ2n) is 9.89. The highest BCUT2D eigenvalue weighted by Crippen LogP contribution is 2.62. The summed E-state index contributed by atoms with van der Waals surface area (Å²) in [6, 6.07) is 0. The number of carbonyl (C=O) groups excluding carboxylic acids is 1. The van der Waals surface area contributed by atoms with Crippen LogP contribution in [0.1, 0.15) is 99.3 Å². The minimum Gasteiger partial charge on any atom is -0.300 e. The fraction of sp³-hybridized carbons (Fsp3) is 0.870. The summed E-state index contributed by atoms with van der Waals surface area (Å²) in [5, 5.41) is 0. The monoisotopic (exact) mass is 332 g/mol. The van der Waals surface area contributed by atoms with Gasteiger partial charge in [-0.3, -0.25) is 0 Å². The molecule has 2 saturated carbocycles. The first-order valence-electron chi connectivity index (χ1n) is 10.3. The van der Waals surface area contributed by atoms with Crippen LogP contribution in [-0.4, -0.2) is 5.78 Å². The van der Waals surface area contributed by atoms with Gasteiger partial charge in [-0.15, -0.1) is 0 Å². The van der Waals surface area contributed by atoms with Crippen LogP contribution >= 0.6 is 0 Å². The van der Waals surface area contributed by atoms with E-state index in [0.29, 0.717) is 23.0 Å². The summed E-state index contributed by atoms with van der Waals surface area (Å²) in [6.45, 7) is 14.1. The zero-order valence-electron chi connectivity index (χ0n) is 17.1. The van der Waals surface area contributed by atoms with Crippen molar-refractivity contribution in [3.05, 3.63) is 11.6 Å². The van der Waals surface area contributed by atoms with E-state index in [9.17, 15) is 4.79 Å². The second-order valence-corrected chi connectivity index (χ2v) is 9.89. The van der Waals surface area contributed by atoms with Crippen molar-refractivity contribution in [1.29, 1.82) is 0 Å². The Morgan fingerprint density at radius 3 is 2.46 bits per heavy atom. The molecule has 0 aromatic heterocycles. The Balaban J connectivity index is 2.03. The predicted molar refractivity (Wildman–Crippen MR) is 104 cm³/mol. The Morgan fingerprint density at radius 1 is 1.08 bits per heavy atom. The number of hydrogen-bond donors (Lipinski definition) is 0. The number of carbonyl (C=O) groups is 1. The Labute approximate surface area is 150 Å². The molecule has 0 N–H and O–H groups in total. The Kier molecular flexibility index (Phi) is 6.37. The molecule has 2 aliphatic rings. The van der Waals surface area contributed by atoms with Gasteiger partial charge in [-0.05, 0) is 81.0 Å². The molecular weight excluding hydrogens is 292 g/mol. The molecule has 0 aromatic rings. The zero-order valence-corrected chi connectivity index (χ0v) is 17.1. The maximum Gasteiger partial charge on any atom is 0.130 e. The quantitative estimate of drug-likeness (QED) is 0.480. The molecule has 0 spiro atoms. The standard InChI is InChI=1S/C23H40O/c1-17(9-7-10-19(3)24)11-13-20-18(2)12-14-21-22(4,5)15-8-16-23(20,21)6/h9,18,20-21H,7-8,10-16H2,1-6H3/b17-9-/t18-,20+,21+,23-/m0/s1. The van der Waals surface area contributed by atoms with Gasteiger partial charge >= 0.3 is 0 Å². The van der Waals surface area contributed by atoms with E-state index in [1.807, 2.05) is 0 Å². The summed E-state index contributed by atoms with van der Waals surface area (Å²) in [7, 11) is 0. The molecule has 0 bridgehead atoms. The average Bonchev–Trinajstić information content (AvgIpc) is 2.45. The van der Waals surface area contributed by atoms with Crippen LogP contribution in [0.15, 0.2) is 11.6 Å². The van der Waals surface area contributed by atoms with Gasteiger partial charge in [0, 0.05) is 6.42 Å². The average molecular weight is 333 g/mol. The number of rotatable bonds is 6. The van der Waals surface area contributed by atoms with Crippen molar-refractivity contribution >= 4 is 5.78 Å². The summed E-state index contributed by atoms with van der Waals surface area (Å²) in [4.78, 5) is 11.1. The molecule has 2 aliphatic carbocycles. The van der Waals surface area contributed by atoms with E-state index in [4.69, 9.17) is 0 Å². The molecule has 1 nitrogen and oxygen atoms in total. The van der Waals surface area contributed by atoms with E-state index < -0.39 is 0 Å². The summed E-state index contributed by atoms with van der Waals surface area (Å²) in [6.07, 6.45) is 13.6. The molecule has 0 unspecified atom stereocenters. The van der Waals surface area contributed by atoms with Crippen molar-refractivity contribution in [2.45, 2.75) is 99.3 Å². The van der Waals surface area contributed by atoms with Crippen LogP contribution in [0.4, 0.5) is 0 Å². The maximum atomic E-state index is 11.1. The molecule has 2 rings (SSSR count). The summed E-state index contributed by atoms with van der Waals surface area (Å²) in [5.41, 5.74) is 2.56. The predicted octanol–water partition coefficient (Wildman–Crippen LogP) is 6.96. The Hall–Kier alpha value is -0.590. The lowest BCUT2D eigenvalue weighted by Gasteiger charge is -2.59. The van der Waals surface area contributed by atoms with E-state index >= 15 is 0 Å². The third kappa shape index (κ3) is 4.33. The summed E-state index contributed by atoms with van der Waals surface area (Å²) in [5.74, 6) is 2.94. The van der Waals surface area contributed by atoms with E-state index in [-0.39, 0.29) is 0 Å². The van der Waals surface area contributed by atoms with Gasteiger partial charge < -0.3 is 4.79 Å². The first kappa shape index (κ1) is 19.7. The zero-order chi connectivity index (χ0) is 18.0. The van der Waals surface area contributed by atoms with Gasteiger partial charge in [0.05, 0.1) is 0 Å².